The molecule has 0 aliphatic carbocycles. The lowest BCUT2D eigenvalue weighted by atomic mass is 10.2. The number of hydrogen-bond acceptors (Lipinski definition) is 6. The zero-order valence-corrected chi connectivity index (χ0v) is 13.5. The number of aryl methyl sites for hydroxylation is 1. The molecule has 120 valence electrons. The van der Waals surface area contributed by atoms with Gasteiger partial charge in [-0.2, -0.15) is 0 Å². The van der Waals surface area contributed by atoms with E-state index in [2.05, 4.69) is 10.3 Å². The van der Waals surface area contributed by atoms with Gasteiger partial charge < -0.3 is 5.32 Å². The Balaban J connectivity index is 2.11. The van der Waals surface area contributed by atoms with Crippen LogP contribution in [-0.4, -0.2) is 9.91 Å². The topological polar surface area (TPSA) is 85.1 Å². The maximum absolute atomic E-state index is 12.2. The zero-order valence-electron chi connectivity index (χ0n) is 12.7. The maximum atomic E-state index is 12.2. The van der Waals surface area contributed by atoms with Crippen molar-refractivity contribution in [3.05, 3.63) is 79.8 Å². The summed E-state index contributed by atoms with van der Waals surface area (Å²) in [5, 5.41) is 14.6. The van der Waals surface area contributed by atoms with Gasteiger partial charge in [-0.25, -0.2) is 4.98 Å². The predicted octanol–water partition coefficient (Wildman–Crippen LogP) is 4.13. The highest BCUT2D eigenvalue weighted by Crippen LogP contribution is 2.28. The van der Waals surface area contributed by atoms with E-state index in [1.54, 1.807) is 24.3 Å². The second-order valence-electron chi connectivity index (χ2n) is 5.12. The molecule has 0 saturated carbocycles. The third-order valence-corrected chi connectivity index (χ3v) is 4.24. The second kappa shape index (κ2) is 6.59. The van der Waals surface area contributed by atoms with Crippen LogP contribution in [0.3, 0.4) is 0 Å². The number of anilines is 2. The minimum Gasteiger partial charge on any atom is -0.334 e. The molecule has 1 heterocycles. The van der Waals surface area contributed by atoms with Gasteiger partial charge >= 0.3 is 10.4 Å². The van der Waals surface area contributed by atoms with E-state index in [9.17, 15) is 14.9 Å². The number of benzene rings is 2. The molecule has 0 bridgehead atoms. The van der Waals surface area contributed by atoms with Gasteiger partial charge in [-0.05, 0) is 19.1 Å². The van der Waals surface area contributed by atoms with Gasteiger partial charge in [-0.15, -0.1) is 0 Å². The highest BCUT2D eigenvalue weighted by molar-refractivity contribution is 7.12. The second-order valence-corrected chi connectivity index (χ2v) is 6.08. The quantitative estimate of drug-likeness (QED) is 0.570. The average Bonchev–Trinajstić information content (AvgIpc) is 2.57. The van der Waals surface area contributed by atoms with Crippen LogP contribution in [0.4, 0.5) is 17.2 Å². The van der Waals surface area contributed by atoms with Gasteiger partial charge in [-0.1, -0.05) is 59.4 Å². The third-order valence-electron chi connectivity index (χ3n) is 3.34. The molecule has 0 aliphatic heterocycles. The average molecular weight is 339 g/mol. The molecule has 1 aromatic heterocycles. The lowest BCUT2D eigenvalue weighted by Gasteiger charge is -2.08. The van der Waals surface area contributed by atoms with Crippen molar-refractivity contribution in [2.45, 2.75) is 6.92 Å². The van der Waals surface area contributed by atoms with Crippen LogP contribution >= 0.6 is 11.3 Å². The van der Waals surface area contributed by atoms with Crippen LogP contribution in [0, 0.1) is 17.0 Å². The van der Waals surface area contributed by atoms with Crippen LogP contribution < -0.4 is 10.1 Å². The van der Waals surface area contributed by atoms with Gasteiger partial charge in [0.25, 0.3) is 0 Å². The van der Waals surface area contributed by atoms with Crippen molar-refractivity contribution in [1.29, 1.82) is 0 Å². The van der Waals surface area contributed by atoms with Gasteiger partial charge in [0.1, 0.15) is 5.01 Å². The van der Waals surface area contributed by atoms with Gasteiger partial charge in [0.05, 0.1) is 4.92 Å². The van der Waals surface area contributed by atoms with Crippen LogP contribution in [-0.2, 0) is 0 Å². The lowest BCUT2D eigenvalue weighted by Crippen LogP contribution is -2.10. The summed E-state index contributed by atoms with van der Waals surface area (Å²) in [5.41, 5.74) is 1.89. The standard InChI is InChI=1S/C17H13N3O3S/c1-11-7-9-13(10-8-11)18-15-14(20(22)23)17(21)24-16(19-15)12-5-3-2-4-6-12/h2-10,18H,1H3. The van der Waals surface area contributed by atoms with E-state index in [1.165, 1.54) is 0 Å². The summed E-state index contributed by atoms with van der Waals surface area (Å²) < 4.78 is -0.636. The number of nitrogens with zero attached hydrogens (tertiary/aromatic N) is 2. The largest absolute Gasteiger partial charge is 0.369 e. The monoisotopic (exact) mass is 339 g/mol. The molecule has 0 atom stereocenters. The van der Waals surface area contributed by atoms with Crippen LogP contribution in [0.2, 0.25) is 0 Å². The maximum Gasteiger partial charge on any atom is 0.369 e. The molecule has 0 amide bonds. The SMILES string of the molecule is Cc1ccc(Nc2nc(-c3ccccc3)sc(=O)c2[N+](=O)[O-])cc1. The molecule has 0 radical (unpaired) electrons. The van der Waals surface area contributed by atoms with Crippen molar-refractivity contribution in [2.75, 3.05) is 5.32 Å². The van der Waals surface area contributed by atoms with Crippen LogP contribution in [0.5, 0.6) is 0 Å². The van der Waals surface area contributed by atoms with Gasteiger partial charge in [-0.3, -0.25) is 14.9 Å². The van der Waals surface area contributed by atoms with Crippen molar-refractivity contribution in [3.63, 3.8) is 0 Å². The van der Waals surface area contributed by atoms with E-state index in [0.29, 0.717) is 10.7 Å². The molecule has 3 aromatic rings. The Labute approximate surface area is 141 Å². The third kappa shape index (κ3) is 3.31. The normalized spacial score (nSPS) is 10.4. The molecule has 3 rings (SSSR count). The number of nitro groups is 1. The Morgan fingerprint density at radius 2 is 1.75 bits per heavy atom. The van der Waals surface area contributed by atoms with E-state index >= 15 is 0 Å². The molecule has 0 fully saturated rings. The van der Waals surface area contributed by atoms with E-state index < -0.39 is 15.4 Å². The van der Waals surface area contributed by atoms with Crippen molar-refractivity contribution in [3.8, 4) is 10.6 Å². The van der Waals surface area contributed by atoms with Crippen molar-refractivity contribution < 1.29 is 4.92 Å². The van der Waals surface area contributed by atoms with Gasteiger partial charge in [0, 0.05) is 11.3 Å². The first-order valence-corrected chi connectivity index (χ1v) is 7.95. The number of rotatable bonds is 4. The Morgan fingerprint density at radius 1 is 1.08 bits per heavy atom. The highest BCUT2D eigenvalue weighted by atomic mass is 32.1. The van der Waals surface area contributed by atoms with Crippen LogP contribution in [0.25, 0.3) is 10.6 Å². The number of nitrogens with one attached hydrogen (secondary N) is 1. The first kappa shape index (κ1) is 15.8. The van der Waals surface area contributed by atoms with Crippen molar-refractivity contribution in [2.24, 2.45) is 0 Å². The first-order valence-electron chi connectivity index (χ1n) is 7.13. The van der Waals surface area contributed by atoms with E-state index in [-0.39, 0.29) is 5.82 Å². The molecule has 0 aliphatic rings. The highest BCUT2D eigenvalue weighted by Gasteiger charge is 2.23. The van der Waals surface area contributed by atoms with E-state index in [0.717, 1.165) is 22.5 Å². The fraction of sp³-hybridized carbons (Fsp3) is 0.0588. The lowest BCUT2D eigenvalue weighted by molar-refractivity contribution is -0.384. The van der Waals surface area contributed by atoms with E-state index in [4.69, 9.17) is 0 Å². The van der Waals surface area contributed by atoms with Gasteiger partial charge in [0.2, 0.25) is 5.82 Å². The summed E-state index contributed by atoms with van der Waals surface area (Å²) in [6, 6.07) is 16.4. The minimum atomic E-state index is -0.697. The van der Waals surface area contributed by atoms with Crippen molar-refractivity contribution in [1.82, 2.24) is 4.98 Å². The summed E-state index contributed by atoms with van der Waals surface area (Å²) in [7, 11) is 0. The summed E-state index contributed by atoms with van der Waals surface area (Å²) >= 11 is 0.764. The fourth-order valence-electron chi connectivity index (χ4n) is 2.14. The smallest absolute Gasteiger partial charge is 0.334 e. The Hall–Kier alpha value is -3.06. The van der Waals surface area contributed by atoms with Crippen molar-refractivity contribution >= 4 is 28.5 Å². The molecule has 0 saturated heterocycles. The fourth-order valence-corrected chi connectivity index (χ4v) is 2.97. The summed E-state index contributed by atoms with van der Waals surface area (Å²) in [6.07, 6.45) is 0. The predicted molar refractivity (Wildman–Crippen MR) is 94.9 cm³/mol. The van der Waals surface area contributed by atoms with Crippen LogP contribution in [0.1, 0.15) is 5.56 Å². The van der Waals surface area contributed by atoms with E-state index in [1.807, 2.05) is 37.3 Å². The minimum absolute atomic E-state index is 0.0496. The number of hydrogen-bond donors (Lipinski definition) is 1. The molecule has 0 unspecified atom stereocenters. The molecule has 1 N–H and O–H groups in total. The summed E-state index contributed by atoms with van der Waals surface area (Å²) in [6.45, 7) is 1.94. The van der Waals surface area contributed by atoms with Crippen LogP contribution in [0.15, 0.2) is 59.4 Å². The molecular weight excluding hydrogens is 326 g/mol. The molecule has 24 heavy (non-hydrogen) atoms. The Kier molecular flexibility index (Phi) is 4.35. The Bertz CT molecular complexity index is 938. The first-order chi connectivity index (χ1) is 11.5. The molecule has 0 spiro atoms. The molecular formula is C17H13N3O3S. The number of aromatic nitrogens is 1. The Morgan fingerprint density at radius 3 is 2.38 bits per heavy atom. The molecule has 7 heteroatoms. The summed E-state index contributed by atoms with van der Waals surface area (Å²) in [5.74, 6) is -0.0496. The van der Waals surface area contributed by atoms with Gasteiger partial charge in [0.15, 0.2) is 0 Å². The summed E-state index contributed by atoms with van der Waals surface area (Å²) in [4.78, 5) is 27.1. The molecule has 2 aromatic carbocycles. The molecule has 6 nitrogen and oxygen atoms in total. The zero-order chi connectivity index (χ0) is 17.1.